The number of aromatic nitrogens is 8. The van der Waals surface area contributed by atoms with Gasteiger partial charge in [-0.3, -0.25) is 19.0 Å². The number of benzene rings is 2. The van der Waals surface area contributed by atoms with Crippen molar-refractivity contribution in [2.24, 2.45) is 25.9 Å². The van der Waals surface area contributed by atoms with Crippen LogP contribution in [0.1, 0.15) is 85.7 Å². The Morgan fingerprint density at radius 2 is 1.17 bits per heavy atom. The minimum atomic E-state index is -0.442. The molecule has 2 N–H and O–H groups in total. The lowest BCUT2D eigenvalue weighted by molar-refractivity contribution is -0.120. The number of halogens is 2. The fourth-order valence-corrected chi connectivity index (χ4v) is 7.65. The van der Waals surface area contributed by atoms with Gasteiger partial charge in [-0.25, -0.2) is 9.36 Å². The van der Waals surface area contributed by atoms with Gasteiger partial charge in [-0.15, -0.1) is 0 Å². The number of nitrogens with zero attached hydrogens (tertiary/aromatic N) is 8. The number of amides is 2. The Morgan fingerprint density at radius 1 is 0.695 bits per heavy atom. The van der Waals surface area contributed by atoms with E-state index in [9.17, 15) is 18.4 Å². The van der Waals surface area contributed by atoms with Crippen molar-refractivity contribution in [1.29, 1.82) is 0 Å². The van der Waals surface area contributed by atoms with Crippen molar-refractivity contribution in [2.75, 3.05) is 13.1 Å². The van der Waals surface area contributed by atoms with Gasteiger partial charge in [0.2, 0.25) is 23.7 Å². The number of aryl methyl sites for hydroxylation is 2. The summed E-state index contributed by atoms with van der Waals surface area (Å²) in [4.78, 5) is 23.1. The number of hydrogen-bond donors (Lipinski definition) is 2. The molecule has 0 bridgehead atoms. The molecule has 0 spiro atoms. The van der Waals surface area contributed by atoms with E-state index in [0.717, 1.165) is 35.1 Å². The van der Waals surface area contributed by atoms with Crippen LogP contribution in [0.15, 0.2) is 49.1 Å². The van der Waals surface area contributed by atoms with Gasteiger partial charge in [0.05, 0.1) is 40.2 Å². The van der Waals surface area contributed by atoms with Crippen molar-refractivity contribution in [3.63, 3.8) is 0 Å². The Balaban J connectivity index is 0.000000172. The molecule has 3 aliphatic rings. The summed E-state index contributed by atoms with van der Waals surface area (Å²) in [5.74, 6) is 0.167. The van der Waals surface area contributed by atoms with Gasteiger partial charge in [0.15, 0.2) is 0 Å². The zero-order valence-corrected chi connectivity index (χ0v) is 35.0. The zero-order chi connectivity index (χ0) is 42.1. The first-order valence-corrected chi connectivity index (χ1v) is 20.6. The van der Waals surface area contributed by atoms with Crippen LogP contribution in [0.25, 0.3) is 44.1 Å². The van der Waals surface area contributed by atoms with Crippen LogP contribution in [-0.2, 0) is 23.7 Å². The molecule has 9 rings (SSSR count). The third-order valence-corrected chi connectivity index (χ3v) is 11.5. The minimum absolute atomic E-state index is 0.0213. The maximum absolute atomic E-state index is 14.7. The summed E-state index contributed by atoms with van der Waals surface area (Å²) in [6, 6.07) is 8.12. The second-order valence-corrected chi connectivity index (χ2v) is 15.8. The molecule has 4 aromatic heterocycles. The maximum Gasteiger partial charge on any atom is 0.222 e. The summed E-state index contributed by atoms with van der Waals surface area (Å²) >= 11 is 0. The van der Waals surface area contributed by atoms with Crippen molar-refractivity contribution in [3.05, 3.63) is 60.9 Å². The largest absolute Gasteiger partial charge is 0.489 e. The summed E-state index contributed by atoms with van der Waals surface area (Å²) in [5, 5.41) is 23.9. The summed E-state index contributed by atoms with van der Waals surface area (Å²) in [7, 11) is 3.15. The van der Waals surface area contributed by atoms with E-state index in [1.54, 1.807) is 20.3 Å². The van der Waals surface area contributed by atoms with Crippen molar-refractivity contribution < 1.29 is 27.8 Å². The summed E-state index contributed by atoms with van der Waals surface area (Å²) in [6.45, 7) is 13.1. The zero-order valence-electron chi connectivity index (χ0n) is 35.0. The fourth-order valence-electron chi connectivity index (χ4n) is 7.65. The fraction of sp³-hybridized carbons (Fsp3) is 0.488. The third kappa shape index (κ3) is 8.53. The molecule has 2 saturated heterocycles. The Bertz CT molecular complexity index is 2460. The van der Waals surface area contributed by atoms with Crippen LogP contribution in [0.2, 0.25) is 0 Å². The van der Waals surface area contributed by atoms with Crippen molar-refractivity contribution in [2.45, 2.75) is 97.9 Å². The van der Waals surface area contributed by atoms with E-state index in [0.29, 0.717) is 65.3 Å². The smallest absolute Gasteiger partial charge is 0.222 e. The minimum Gasteiger partial charge on any atom is -0.489 e. The van der Waals surface area contributed by atoms with Crippen LogP contribution < -0.4 is 20.1 Å². The molecule has 4 atom stereocenters. The molecule has 1 saturated carbocycles. The summed E-state index contributed by atoms with van der Waals surface area (Å²) in [5.41, 5.74) is 4.70. The number of carbonyl (C=O) groups is 2. The molecule has 2 amide bonds. The predicted octanol–water partition coefficient (Wildman–Crippen LogP) is 7.29. The number of rotatable bonds is 10. The quantitative estimate of drug-likeness (QED) is 0.147. The van der Waals surface area contributed by atoms with Crippen LogP contribution in [0.5, 0.6) is 11.5 Å². The van der Waals surface area contributed by atoms with Crippen LogP contribution in [0.4, 0.5) is 8.78 Å². The lowest BCUT2D eigenvalue weighted by Crippen LogP contribution is -2.25. The van der Waals surface area contributed by atoms with Crippen molar-refractivity contribution in [1.82, 2.24) is 49.8 Å². The lowest BCUT2D eigenvalue weighted by Gasteiger charge is -2.25. The highest BCUT2D eigenvalue weighted by Gasteiger charge is 2.31. The number of fused-ring (bicyclic) bond motifs is 2. The Kier molecular flexibility index (Phi) is 12.1. The second kappa shape index (κ2) is 17.2. The van der Waals surface area contributed by atoms with Crippen molar-refractivity contribution >= 4 is 33.6 Å². The van der Waals surface area contributed by atoms with Gasteiger partial charge >= 0.3 is 0 Å². The molecule has 59 heavy (non-hydrogen) atoms. The first-order chi connectivity index (χ1) is 28.3. The van der Waals surface area contributed by atoms with E-state index in [1.807, 2.05) is 79.9 Å². The van der Waals surface area contributed by atoms with E-state index >= 15 is 0 Å². The highest BCUT2D eigenvalue weighted by Crippen LogP contribution is 2.38. The molecule has 1 aliphatic carbocycles. The van der Waals surface area contributed by atoms with Crippen LogP contribution in [0.3, 0.4) is 0 Å². The topological polar surface area (TPSA) is 148 Å². The van der Waals surface area contributed by atoms with Gasteiger partial charge in [-0.1, -0.05) is 13.8 Å². The van der Waals surface area contributed by atoms with Crippen LogP contribution >= 0.6 is 0 Å². The van der Waals surface area contributed by atoms with E-state index in [-0.39, 0.29) is 41.9 Å². The van der Waals surface area contributed by atoms with Gasteiger partial charge in [0, 0.05) is 81.4 Å². The Hall–Kier alpha value is -5.80. The Labute approximate surface area is 342 Å². The molecule has 16 heteroatoms. The first-order valence-electron chi connectivity index (χ1n) is 20.6. The molecule has 2 aromatic carbocycles. The van der Waals surface area contributed by atoms with Gasteiger partial charge in [-0.05, 0) is 82.3 Å². The molecule has 14 nitrogen and oxygen atoms in total. The van der Waals surface area contributed by atoms with E-state index in [4.69, 9.17) is 9.47 Å². The van der Waals surface area contributed by atoms with E-state index in [2.05, 4.69) is 44.9 Å². The number of ether oxygens (including phenoxy) is 2. The molecular weight excluding hydrogens is 759 g/mol. The van der Waals surface area contributed by atoms with Gasteiger partial charge < -0.3 is 20.1 Å². The number of hydrogen-bond acceptors (Lipinski definition) is 8. The van der Waals surface area contributed by atoms with E-state index in [1.165, 1.54) is 15.8 Å². The molecule has 0 radical (unpaired) electrons. The molecular formula is C43H54F2N10O4. The van der Waals surface area contributed by atoms with E-state index < -0.39 is 11.9 Å². The van der Waals surface area contributed by atoms with Gasteiger partial charge in [0.25, 0.3) is 0 Å². The summed E-state index contributed by atoms with van der Waals surface area (Å²) < 4.78 is 48.1. The standard InChI is InChI=1S/C21H24FN5O2.C20H24FN5O2.C2H6/c1-12(14-8-19(28)23-9-14)29-18-7-13(6-17-20(18)21(22)26(2)25-17)15-10-24-27(11-15)16-4-3-5-16;1-11(2)26-10-15(9-23-26)13-5-16-19(20(21)25(4)24-16)17(6-13)28-12(3)14-7-18(27)22-8-14;1-2/h6-7,10-12,14,16H,3-5,8-9H2,1-2H3,(H,23,28);5-6,9-12,14H,7-8H2,1-4H3,(H,22,27);1-2H3/t2*12-,14-;/m11./s1. The average Bonchev–Trinajstić information content (AvgIpc) is 4.05. The molecule has 6 heterocycles. The highest BCUT2D eigenvalue weighted by molar-refractivity contribution is 5.91. The molecule has 314 valence electrons. The SMILES string of the molecule is CC.CC(C)n1cc(-c2cc(O[C@H](C)[C@H]3CNC(=O)C3)c3c(F)n(C)nc3c2)cn1.C[C@@H](Oc1cc(-c2cnn(C3CCC3)c2)cc2nn(C)c(F)c12)[C@H]1CNC(=O)C1. The number of carbonyl (C=O) groups excluding carboxylic acids is 2. The van der Waals surface area contributed by atoms with Gasteiger partial charge in [0.1, 0.15) is 23.7 Å². The normalized spacial score (nSPS) is 18.8. The Morgan fingerprint density at radius 3 is 1.58 bits per heavy atom. The molecule has 3 fully saturated rings. The molecule has 2 aliphatic heterocycles. The second-order valence-electron chi connectivity index (χ2n) is 15.8. The van der Waals surface area contributed by atoms with Gasteiger partial charge in [-0.2, -0.15) is 29.2 Å². The molecule has 6 aromatic rings. The third-order valence-electron chi connectivity index (χ3n) is 11.5. The van der Waals surface area contributed by atoms with Crippen LogP contribution in [-0.4, -0.2) is 76.2 Å². The van der Waals surface area contributed by atoms with Crippen LogP contribution in [0, 0.1) is 23.7 Å². The highest BCUT2D eigenvalue weighted by atomic mass is 19.1. The average molecular weight is 813 g/mol. The molecule has 0 unspecified atom stereocenters. The predicted molar refractivity (Wildman–Crippen MR) is 221 cm³/mol. The maximum atomic E-state index is 14.7. The first kappa shape index (κ1) is 41.4. The lowest BCUT2D eigenvalue weighted by atomic mass is 9.93. The number of nitrogens with one attached hydrogen (secondary N) is 2. The van der Waals surface area contributed by atoms with Crippen molar-refractivity contribution in [3.8, 4) is 33.8 Å². The summed E-state index contributed by atoms with van der Waals surface area (Å²) in [6.07, 6.45) is 11.5. The monoisotopic (exact) mass is 812 g/mol.